The highest BCUT2D eigenvalue weighted by Crippen LogP contribution is 2.42. The van der Waals surface area contributed by atoms with Gasteiger partial charge in [0.15, 0.2) is 0 Å². The van der Waals surface area contributed by atoms with Gasteiger partial charge < -0.3 is 16.0 Å². The van der Waals surface area contributed by atoms with Crippen molar-refractivity contribution in [2.75, 3.05) is 26.7 Å². The SMILES string of the molecule is CC(C)CNC=O.CN(CCN)Cc1cn[nH]c1C1CCC(C)(C)CC1. The molecule has 6 heteroatoms. The van der Waals surface area contributed by atoms with E-state index in [4.69, 9.17) is 5.73 Å². The lowest BCUT2D eigenvalue weighted by atomic mass is 9.72. The van der Waals surface area contributed by atoms with Gasteiger partial charge in [-0.05, 0) is 44.1 Å². The highest BCUT2D eigenvalue weighted by atomic mass is 16.1. The van der Waals surface area contributed by atoms with Gasteiger partial charge in [-0.2, -0.15) is 5.10 Å². The lowest BCUT2D eigenvalue weighted by Gasteiger charge is -2.34. The predicted octanol–water partition coefficient (Wildman–Crippen LogP) is 2.87. The summed E-state index contributed by atoms with van der Waals surface area (Å²) in [6.45, 7) is 12.2. The molecule has 0 bridgehead atoms. The molecule has 0 spiro atoms. The number of hydrogen-bond acceptors (Lipinski definition) is 4. The fourth-order valence-corrected chi connectivity index (χ4v) is 3.36. The molecule has 1 aromatic heterocycles. The first-order valence-electron chi connectivity index (χ1n) is 9.87. The summed E-state index contributed by atoms with van der Waals surface area (Å²) in [7, 11) is 2.12. The zero-order valence-corrected chi connectivity index (χ0v) is 17.3. The summed E-state index contributed by atoms with van der Waals surface area (Å²) < 4.78 is 0. The van der Waals surface area contributed by atoms with Crippen molar-refractivity contribution in [2.45, 2.75) is 65.8 Å². The quantitative estimate of drug-likeness (QED) is 0.618. The highest BCUT2D eigenvalue weighted by Gasteiger charge is 2.29. The van der Waals surface area contributed by atoms with Crippen LogP contribution in [0, 0.1) is 11.3 Å². The molecule has 1 amide bonds. The summed E-state index contributed by atoms with van der Waals surface area (Å²) >= 11 is 0. The minimum absolute atomic E-state index is 0.521. The van der Waals surface area contributed by atoms with Gasteiger partial charge in [0.1, 0.15) is 0 Å². The van der Waals surface area contributed by atoms with Crippen molar-refractivity contribution in [3.63, 3.8) is 0 Å². The molecule has 150 valence electrons. The monoisotopic (exact) mass is 365 g/mol. The van der Waals surface area contributed by atoms with Crippen LogP contribution < -0.4 is 11.1 Å². The van der Waals surface area contributed by atoms with Crippen molar-refractivity contribution in [1.82, 2.24) is 20.4 Å². The summed E-state index contributed by atoms with van der Waals surface area (Å²) in [4.78, 5) is 11.9. The molecule has 0 aliphatic heterocycles. The van der Waals surface area contributed by atoms with Crippen LogP contribution in [-0.4, -0.2) is 48.2 Å². The van der Waals surface area contributed by atoms with Gasteiger partial charge in [-0.15, -0.1) is 0 Å². The summed E-state index contributed by atoms with van der Waals surface area (Å²) in [6.07, 6.45) is 7.90. The Labute approximate surface area is 159 Å². The number of rotatable bonds is 8. The largest absolute Gasteiger partial charge is 0.358 e. The van der Waals surface area contributed by atoms with Crippen LogP contribution in [-0.2, 0) is 11.3 Å². The van der Waals surface area contributed by atoms with Crippen LogP contribution >= 0.6 is 0 Å². The van der Waals surface area contributed by atoms with E-state index in [9.17, 15) is 4.79 Å². The summed E-state index contributed by atoms with van der Waals surface area (Å²) in [5, 5.41) is 10.1. The number of nitrogens with zero attached hydrogens (tertiary/aromatic N) is 2. The van der Waals surface area contributed by atoms with E-state index >= 15 is 0 Å². The third-order valence-electron chi connectivity index (χ3n) is 5.06. The van der Waals surface area contributed by atoms with Gasteiger partial charge in [0.05, 0.1) is 6.20 Å². The number of carbonyl (C=O) groups is 1. The maximum Gasteiger partial charge on any atom is 0.207 e. The number of H-pyrrole nitrogens is 1. The summed E-state index contributed by atoms with van der Waals surface area (Å²) in [6, 6.07) is 0. The third-order valence-corrected chi connectivity index (χ3v) is 5.06. The van der Waals surface area contributed by atoms with Gasteiger partial charge in [0, 0.05) is 43.4 Å². The summed E-state index contributed by atoms with van der Waals surface area (Å²) in [5.41, 5.74) is 8.83. The Morgan fingerprint density at radius 1 is 1.42 bits per heavy atom. The summed E-state index contributed by atoms with van der Waals surface area (Å²) in [5.74, 6) is 1.22. The van der Waals surface area contributed by atoms with E-state index in [1.54, 1.807) is 0 Å². The van der Waals surface area contributed by atoms with Gasteiger partial charge in [0.2, 0.25) is 6.41 Å². The zero-order chi connectivity index (χ0) is 19.6. The Balaban J connectivity index is 0.000000412. The molecule has 0 atom stereocenters. The third kappa shape index (κ3) is 8.32. The minimum atomic E-state index is 0.521. The fraction of sp³-hybridized carbons (Fsp3) is 0.800. The fourth-order valence-electron chi connectivity index (χ4n) is 3.36. The number of likely N-dealkylation sites (N-methyl/N-ethyl adjacent to an activating group) is 1. The molecule has 1 aliphatic rings. The van der Waals surface area contributed by atoms with Crippen LogP contribution in [0.25, 0.3) is 0 Å². The first kappa shape index (κ1) is 22.6. The Kier molecular flexibility index (Phi) is 9.88. The molecule has 1 saturated carbocycles. The Morgan fingerprint density at radius 3 is 2.58 bits per heavy atom. The second-order valence-corrected chi connectivity index (χ2v) is 8.69. The maximum atomic E-state index is 9.60. The Hall–Kier alpha value is -1.40. The van der Waals surface area contributed by atoms with Crippen molar-refractivity contribution < 1.29 is 4.79 Å². The van der Waals surface area contributed by atoms with Gasteiger partial charge >= 0.3 is 0 Å². The van der Waals surface area contributed by atoms with Crippen LogP contribution in [0.15, 0.2) is 6.20 Å². The molecule has 0 aromatic carbocycles. The van der Waals surface area contributed by atoms with Crippen LogP contribution in [0.4, 0.5) is 0 Å². The second-order valence-electron chi connectivity index (χ2n) is 8.69. The van der Waals surface area contributed by atoms with Crippen molar-refractivity contribution in [3.05, 3.63) is 17.5 Å². The van der Waals surface area contributed by atoms with Gasteiger partial charge in [-0.25, -0.2) is 0 Å². The first-order valence-corrected chi connectivity index (χ1v) is 9.87. The van der Waals surface area contributed by atoms with E-state index in [1.165, 1.54) is 36.9 Å². The smallest absolute Gasteiger partial charge is 0.207 e. The Bertz CT molecular complexity index is 502. The number of nitrogens with two attached hydrogens (primary N) is 1. The van der Waals surface area contributed by atoms with Crippen molar-refractivity contribution in [3.8, 4) is 0 Å². The molecular formula is C20H39N5O. The normalized spacial score (nSPS) is 17.1. The molecule has 4 N–H and O–H groups in total. The van der Waals surface area contributed by atoms with E-state index in [1.807, 2.05) is 6.20 Å². The van der Waals surface area contributed by atoms with Gasteiger partial charge in [-0.3, -0.25) is 9.89 Å². The molecule has 0 saturated heterocycles. The number of amides is 1. The van der Waals surface area contributed by atoms with Crippen molar-refractivity contribution >= 4 is 6.41 Å². The Morgan fingerprint density at radius 2 is 2.08 bits per heavy atom. The second kappa shape index (κ2) is 11.3. The number of hydrogen-bond donors (Lipinski definition) is 3. The average Bonchev–Trinajstić information content (AvgIpc) is 3.01. The minimum Gasteiger partial charge on any atom is -0.358 e. The number of aromatic nitrogens is 2. The average molecular weight is 366 g/mol. The molecule has 0 radical (unpaired) electrons. The molecule has 1 aromatic rings. The van der Waals surface area contributed by atoms with Gasteiger partial charge in [0.25, 0.3) is 0 Å². The number of aromatic amines is 1. The van der Waals surface area contributed by atoms with Gasteiger partial charge in [-0.1, -0.05) is 27.7 Å². The topological polar surface area (TPSA) is 87.0 Å². The van der Waals surface area contributed by atoms with E-state index < -0.39 is 0 Å². The molecule has 1 aliphatic carbocycles. The molecule has 1 fully saturated rings. The lowest BCUT2D eigenvalue weighted by Crippen LogP contribution is -2.26. The van der Waals surface area contributed by atoms with E-state index in [0.717, 1.165) is 26.0 Å². The predicted molar refractivity (Wildman–Crippen MR) is 108 cm³/mol. The van der Waals surface area contributed by atoms with Crippen LogP contribution in [0.5, 0.6) is 0 Å². The highest BCUT2D eigenvalue weighted by molar-refractivity contribution is 5.45. The van der Waals surface area contributed by atoms with Crippen molar-refractivity contribution in [1.29, 1.82) is 0 Å². The zero-order valence-electron chi connectivity index (χ0n) is 17.3. The molecule has 2 rings (SSSR count). The molecule has 6 nitrogen and oxygen atoms in total. The maximum absolute atomic E-state index is 9.60. The van der Waals surface area contributed by atoms with E-state index in [-0.39, 0.29) is 0 Å². The molecule has 26 heavy (non-hydrogen) atoms. The first-order chi connectivity index (χ1) is 12.3. The number of carbonyl (C=O) groups excluding carboxylic acids is 1. The molecular weight excluding hydrogens is 326 g/mol. The molecule has 1 heterocycles. The van der Waals surface area contributed by atoms with Crippen LogP contribution in [0.2, 0.25) is 0 Å². The van der Waals surface area contributed by atoms with E-state index in [2.05, 4.69) is 55.2 Å². The van der Waals surface area contributed by atoms with Crippen molar-refractivity contribution in [2.24, 2.45) is 17.1 Å². The standard InChI is InChI=1S/C15H28N4.C5H11NO/c1-15(2)6-4-12(5-7-15)14-13(10-17-18-14)11-19(3)9-8-16;1-5(2)3-6-4-7/h10,12H,4-9,11,16H2,1-3H3,(H,17,18);4-5H,3H2,1-2H3,(H,6,7). The number of nitrogens with one attached hydrogen (secondary N) is 2. The van der Waals surface area contributed by atoms with Crippen LogP contribution in [0.3, 0.4) is 0 Å². The molecule has 0 unspecified atom stereocenters. The lowest BCUT2D eigenvalue weighted by molar-refractivity contribution is -0.109. The van der Waals surface area contributed by atoms with Crippen LogP contribution in [0.1, 0.15) is 70.6 Å². The van der Waals surface area contributed by atoms with E-state index in [0.29, 0.717) is 23.8 Å².